The lowest BCUT2D eigenvalue weighted by atomic mass is 9.85. The molecule has 0 aliphatic carbocycles. The van der Waals surface area contributed by atoms with Crippen LogP contribution in [0.3, 0.4) is 0 Å². The molecular weight excluding hydrogens is 516 g/mol. The van der Waals surface area contributed by atoms with Crippen LogP contribution in [0.1, 0.15) is 50.5 Å². The van der Waals surface area contributed by atoms with Crippen molar-refractivity contribution in [1.29, 1.82) is 0 Å². The first-order chi connectivity index (χ1) is 18.0. The van der Waals surface area contributed by atoms with Crippen LogP contribution in [0.25, 0.3) is 0 Å². The van der Waals surface area contributed by atoms with E-state index >= 15 is 0 Å². The molecule has 6 nitrogen and oxygen atoms in total. The maximum absolute atomic E-state index is 12.8. The lowest BCUT2D eigenvalue weighted by Crippen LogP contribution is -2.54. The molecule has 12 heteroatoms. The fourth-order valence-corrected chi connectivity index (χ4v) is 5.84. The van der Waals surface area contributed by atoms with Gasteiger partial charge in [-0.15, -0.1) is 0 Å². The van der Waals surface area contributed by atoms with Crippen LogP contribution < -0.4 is 4.74 Å². The number of carbonyl (C=O) groups excluding carboxylic acids is 1. The lowest BCUT2D eigenvalue weighted by Gasteiger charge is -2.45. The summed E-state index contributed by atoms with van der Waals surface area (Å²) in [6.07, 6.45) is -10.7. The molecule has 38 heavy (non-hydrogen) atoms. The molecule has 0 radical (unpaired) electrons. The molecule has 0 N–H and O–H groups in total. The summed E-state index contributed by atoms with van der Waals surface area (Å²) in [6.45, 7) is 5.29. The molecule has 1 aromatic rings. The van der Waals surface area contributed by atoms with Crippen LogP contribution in [0.2, 0.25) is 0 Å². The van der Waals surface area contributed by atoms with Crippen LogP contribution in [-0.4, -0.2) is 90.7 Å². The molecule has 1 spiro atoms. The summed E-state index contributed by atoms with van der Waals surface area (Å²) in [5, 5.41) is 0. The predicted octanol–water partition coefficient (Wildman–Crippen LogP) is 5.61. The van der Waals surface area contributed by atoms with E-state index in [1.165, 1.54) is 19.3 Å². The van der Waals surface area contributed by atoms with Crippen molar-refractivity contribution in [2.24, 2.45) is 0 Å². The average Bonchev–Trinajstić information content (AvgIpc) is 3.23. The Morgan fingerprint density at radius 2 is 1.58 bits per heavy atom. The molecule has 3 saturated heterocycles. The van der Waals surface area contributed by atoms with E-state index in [0.29, 0.717) is 26.0 Å². The highest BCUT2D eigenvalue weighted by Gasteiger charge is 2.60. The van der Waals surface area contributed by atoms with Crippen molar-refractivity contribution < 1.29 is 40.6 Å². The SMILES string of the molecule is O=C(OC(C(F)(F)F)C(F)(F)F)N1CCC2(CCCN2Cc2cccc(OCCN3CCCCC3)c2)CC1. The summed E-state index contributed by atoms with van der Waals surface area (Å²) in [5.74, 6) is 0.800. The molecule has 3 aliphatic heterocycles. The highest BCUT2D eigenvalue weighted by Crippen LogP contribution is 2.41. The van der Waals surface area contributed by atoms with E-state index in [2.05, 4.69) is 14.5 Å². The second-order valence-corrected chi connectivity index (χ2v) is 10.5. The molecule has 3 aliphatic rings. The number of amides is 1. The molecule has 1 amide bonds. The molecule has 3 fully saturated rings. The Morgan fingerprint density at radius 1 is 0.895 bits per heavy atom. The van der Waals surface area contributed by atoms with Crippen molar-refractivity contribution in [2.75, 3.05) is 45.9 Å². The van der Waals surface area contributed by atoms with E-state index in [0.717, 1.165) is 55.2 Å². The zero-order valence-corrected chi connectivity index (χ0v) is 21.3. The number of likely N-dealkylation sites (tertiary alicyclic amines) is 3. The van der Waals surface area contributed by atoms with E-state index < -0.39 is 24.5 Å². The molecule has 1 aromatic carbocycles. The van der Waals surface area contributed by atoms with Gasteiger partial charge in [0.2, 0.25) is 0 Å². The number of hydrogen-bond donors (Lipinski definition) is 0. The van der Waals surface area contributed by atoms with Crippen molar-refractivity contribution in [1.82, 2.24) is 14.7 Å². The van der Waals surface area contributed by atoms with Crippen LogP contribution in [0.4, 0.5) is 31.1 Å². The largest absolute Gasteiger partial charge is 0.492 e. The monoisotopic (exact) mass is 551 g/mol. The standard InChI is InChI=1S/C26H35F6N3O3/c27-25(28,29)22(26(30,31)32)38-23(36)34-14-9-24(10-15-34)8-5-13-35(24)19-20-6-4-7-21(18-20)37-17-16-33-11-2-1-3-12-33/h4,6-7,18,22H,1-3,5,8-17,19H2. The Labute approximate surface area is 218 Å². The van der Waals surface area contributed by atoms with Gasteiger partial charge in [0.05, 0.1) is 0 Å². The van der Waals surface area contributed by atoms with Gasteiger partial charge in [0.15, 0.2) is 0 Å². The number of ether oxygens (including phenoxy) is 2. The number of alkyl halides is 6. The molecule has 214 valence electrons. The van der Waals surface area contributed by atoms with Gasteiger partial charge >= 0.3 is 18.4 Å². The molecule has 0 unspecified atom stereocenters. The van der Waals surface area contributed by atoms with Gasteiger partial charge in [-0.2, -0.15) is 26.3 Å². The third kappa shape index (κ3) is 7.25. The Morgan fingerprint density at radius 3 is 2.24 bits per heavy atom. The Bertz CT molecular complexity index is 914. The van der Waals surface area contributed by atoms with Crippen LogP contribution >= 0.6 is 0 Å². The smallest absolute Gasteiger partial charge is 0.434 e. The van der Waals surface area contributed by atoms with Crippen molar-refractivity contribution in [2.45, 2.75) is 75.5 Å². The summed E-state index contributed by atoms with van der Waals surface area (Å²) >= 11 is 0. The van der Waals surface area contributed by atoms with Gasteiger partial charge in [-0.25, -0.2) is 4.79 Å². The summed E-state index contributed by atoms with van der Waals surface area (Å²) in [6, 6.07) is 7.91. The molecular formula is C26H35F6N3O3. The summed E-state index contributed by atoms with van der Waals surface area (Å²) in [4.78, 5) is 17.9. The molecule has 0 bridgehead atoms. The average molecular weight is 552 g/mol. The first-order valence-electron chi connectivity index (χ1n) is 13.2. The normalized spacial score (nSPS) is 21.3. The topological polar surface area (TPSA) is 45.3 Å². The minimum Gasteiger partial charge on any atom is -0.492 e. The minimum absolute atomic E-state index is 0.0391. The fourth-order valence-electron chi connectivity index (χ4n) is 5.84. The van der Waals surface area contributed by atoms with Gasteiger partial charge in [-0.05, 0) is 75.9 Å². The summed E-state index contributed by atoms with van der Waals surface area (Å²) in [5.41, 5.74) is 0.816. The summed E-state index contributed by atoms with van der Waals surface area (Å²) < 4.78 is 86.6. The highest BCUT2D eigenvalue weighted by molar-refractivity contribution is 5.68. The first-order valence-corrected chi connectivity index (χ1v) is 13.2. The van der Waals surface area contributed by atoms with Gasteiger partial charge in [0.1, 0.15) is 12.4 Å². The quantitative estimate of drug-likeness (QED) is 0.413. The molecule has 4 rings (SSSR count). The zero-order valence-electron chi connectivity index (χ0n) is 21.3. The van der Waals surface area contributed by atoms with Crippen molar-refractivity contribution >= 4 is 6.09 Å². The number of piperidine rings is 2. The van der Waals surface area contributed by atoms with E-state index in [-0.39, 0.29) is 18.6 Å². The van der Waals surface area contributed by atoms with Gasteiger partial charge in [-0.1, -0.05) is 18.6 Å². The van der Waals surface area contributed by atoms with E-state index in [9.17, 15) is 31.1 Å². The number of halogens is 6. The summed E-state index contributed by atoms with van der Waals surface area (Å²) in [7, 11) is 0. The van der Waals surface area contributed by atoms with Crippen molar-refractivity contribution in [3.63, 3.8) is 0 Å². The number of rotatable bonds is 7. The van der Waals surface area contributed by atoms with E-state index in [1.807, 2.05) is 24.3 Å². The maximum atomic E-state index is 12.8. The van der Waals surface area contributed by atoms with Crippen LogP contribution in [0.5, 0.6) is 5.75 Å². The zero-order chi connectivity index (χ0) is 27.4. The highest BCUT2D eigenvalue weighted by atomic mass is 19.4. The molecule has 3 heterocycles. The third-order valence-electron chi connectivity index (χ3n) is 7.90. The number of benzene rings is 1. The van der Waals surface area contributed by atoms with Crippen LogP contribution in [0.15, 0.2) is 24.3 Å². The van der Waals surface area contributed by atoms with Gasteiger partial charge in [-0.3, -0.25) is 9.80 Å². The minimum atomic E-state index is -5.72. The lowest BCUT2D eigenvalue weighted by molar-refractivity contribution is -0.308. The molecule has 0 saturated carbocycles. The Balaban J connectivity index is 1.30. The molecule has 0 aromatic heterocycles. The van der Waals surface area contributed by atoms with Crippen molar-refractivity contribution in [3.8, 4) is 5.75 Å². The molecule has 0 atom stereocenters. The predicted molar refractivity (Wildman–Crippen MR) is 128 cm³/mol. The number of nitrogens with zero attached hydrogens (tertiary/aromatic N) is 3. The van der Waals surface area contributed by atoms with E-state index in [4.69, 9.17) is 4.74 Å². The van der Waals surface area contributed by atoms with Gasteiger partial charge < -0.3 is 14.4 Å². The Hall–Kier alpha value is -2.21. The van der Waals surface area contributed by atoms with Crippen LogP contribution in [0, 0.1) is 0 Å². The second-order valence-electron chi connectivity index (χ2n) is 10.5. The third-order valence-corrected chi connectivity index (χ3v) is 7.90. The Kier molecular flexibility index (Phi) is 9.01. The van der Waals surface area contributed by atoms with Gasteiger partial charge in [0.25, 0.3) is 6.10 Å². The van der Waals surface area contributed by atoms with E-state index in [1.54, 1.807) is 0 Å². The van der Waals surface area contributed by atoms with Crippen LogP contribution in [-0.2, 0) is 11.3 Å². The maximum Gasteiger partial charge on any atom is 0.434 e. The first kappa shape index (κ1) is 28.8. The number of carbonyl (C=O) groups is 1. The fraction of sp³-hybridized carbons (Fsp3) is 0.731. The van der Waals surface area contributed by atoms with Crippen molar-refractivity contribution in [3.05, 3.63) is 29.8 Å². The number of hydrogen-bond acceptors (Lipinski definition) is 5. The second kappa shape index (κ2) is 11.9. The van der Waals surface area contributed by atoms with Gasteiger partial charge in [0, 0.05) is 31.7 Å².